The Morgan fingerprint density at radius 1 is 0.879 bits per heavy atom. The summed E-state index contributed by atoms with van der Waals surface area (Å²) in [5, 5.41) is 13.0. The number of amides is 1. The SMILES string of the molecule is COC(=O)/C(NC(=O)OC(C)(C)C)=C(/C)NCc1ccc2ccc3cccc4ccc1c2c34. The van der Waals surface area contributed by atoms with E-state index in [0.29, 0.717) is 12.2 Å². The molecule has 0 saturated carbocycles. The summed E-state index contributed by atoms with van der Waals surface area (Å²) in [6, 6.07) is 19.1. The Balaban J connectivity index is 1.66. The summed E-state index contributed by atoms with van der Waals surface area (Å²) < 4.78 is 10.1. The van der Waals surface area contributed by atoms with Gasteiger partial charge >= 0.3 is 12.1 Å². The van der Waals surface area contributed by atoms with E-state index in [0.717, 1.165) is 10.9 Å². The Labute approximate surface area is 192 Å². The average molecular weight is 445 g/mol. The Morgan fingerprint density at radius 2 is 1.48 bits per heavy atom. The third kappa shape index (κ3) is 4.55. The summed E-state index contributed by atoms with van der Waals surface area (Å²) in [5.41, 5.74) is 0.901. The molecule has 0 aliphatic rings. The van der Waals surface area contributed by atoms with E-state index in [1.807, 2.05) is 0 Å². The number of rotatable bonds is 5. The zero-order valence-electron chi connectivity index (χ0n) is 19.5. The van der Waals surface area contributed by atoms with Crippen molar-refractivity contribution in [3.8, 4) is 0 Å². The third-order valence-electron chi connectivity index (χ3n) is 5.55. The first-order chi connectivity index (χ1) is 15.7. The van der Waals surface area contributed by atoms with Gasteiger partial charge in [0.2, 0.25) is 0 Å². The lowest BCUT2D eigenvalue weighted by Gasteiger charge is -2.21. The minimum atomic E-state index is -0.716. The number of methoxy groups -OCH3 is 1. The molecule has 0 fully saturated rings. The molecule has 0 bridgehead atoms. The molecule has 4 aromatic carbocycles. The Bertz CT molecular complexity index is 1370. The monoisotopic (exact) mass is 444 g/mol. The standard InChI is InChI=1S/C27H28N2O4/c1-16(24(25(30)32-5)29-26(31)33-27(2,3)4)28-15-20-12-11-19-10-9-17-7-6-8-18-13-14-21(20)23(19)22(17)18/h6-14,28H,15H2,1-5H3,(H,29,31)/b24-16+. The summed E-state index contributed by atoms with van der Waals surface area (Å²) in [7, 11) is 1.27. The summed E-state index contributed by atoms with van der Waals surface area (Å²) in [4.78, 5) is 24.6. The van der Waals surface area contributed by atoms with Crippen LogP contribution in [0.2, 0.25) is 0 Å². The van der Waals surface area contributed by atoms with Gasteiger partial charge < -0.3 is 14.8 Å². The molecule has 0 aliphatic heterocycles. The molecule has 1 amide bonds. The van der Waals surface area contributed by atoms with Gasteiger partial charge in [0.25, 0.3) is 0 Å². The van der Waals surface area contributed by atoms with Crippen LogP contribution in [-0.2, 0) is 20.8 Å². The van der Waals surface area contributed by atoms with Crippen molar-refractivity contribution in [3.05, 3.63) is 71.6 Å². The van der Waals surface area contributed by atoms with Crippen molar-refractivity contribution in [3.63, 3.8) is 0 Å². The number of allylic oxidation sites excluding steroid dienone is 1. The second-order valence-electron chi connectivity index (χ2n) is 9.05. The van der Waals surface area contributed by atoms with Gasteiger partial charge in [-0.05, 0) is 65.6 Å². The molecule has 4 rings (SSSR count). The maximum atomic E-state index is 12.3. The fraction of sp³-hybridized carbons (Fsp3) is 0.259. The van der Waals surface area contributed by atoms with E-state index >= 15 is 0 Å². The van der Waals surface area contributed by atoms with Crippen molar-refractivity contribution < 1.29 is 19.1 Å². The molecule has 0 atom stereocenters. The topological polar surface area (TPSA) is 76.7 Å². The molecular weight excluding hydrogens is 416 g/mol. The molecule has 0 aliphatic carbocycles. The Kier molecular flexibility index (Phi) is 5.85. The molecule has 0 spiro atoms. The highest BCUT2D eigenvalue weighted by Gasteiger charge is 2.22. The lowest BCUT2D eigenvalue weighted by molar-refractivity contribution is -0.136. The van der Waals surface area contributed by atoms with Crippen molar-refractivity contribution in [1.82, 2.24) is 10.6 Å². The highest BCUT2D eigenvalue weighted by molar-refractivity contribution is 6.23. The molecule has 0 radical (unpaired) electrons. The number of nitrogens with one attached hydrogen (secondary N) is 2. The van der Waals surface area contributed by atoms with E-state index in [-0.39, 0.29) is 5.70 Å². The van der Waals surface area contributed by atoms with Gasteiger partial charge in [0.05, 0.1) is 7.11 Å². The van der Waals surface area contributed by atoms with Crippen LogP contribution in [0.5, 0.6) is 0 Å². The smallest absolute Gasteiger partial charge is 0.412 e. The molecule has 0 saturated heterocycles. The first-order valence-corrected chi connectivity index (χ1v) is 10.9. The van der Waals surface area contributed by atoms with Gasteiger partial charge in [-0.3, -0.25) is 5.32 Å². The number of carbonyl (C=O) groups is 2. The normalized spacial score (nSPS) is 12.6. The molecular formula is C27H28N2O4. The van der Waals surface area contributed by atoms with Crippen molar-refractivity contribution in [2.45, 2.75) is 39.8 Å². The van der Waals surface area contributed by atoms with Crippen LogP contribution >= 0.6 is 0 Å². The zero-order valence-corrected chi connectivity index (χ0v) is 19.5. The predicted molar refractivity (Wildman–Crippen MR) is 131 cm³/mol. The van der Waals surface area contributed by atoms with Gasteiger partial charge in [0.1, 0.15) is 11.3 Å². The number of hydrogen-bond donors (Lipinski definition) is 2. The number of ether oxygens (including phenoxy) is 2. The molecule has 33 heavy (non-hydrogen) atoms. The van der Waals surface area contributed by atoms with Gasteiger partial charge in [0, 0.05) is 12.2 Å². The number of carbonyl (C=O) groups excluding carboxylic acids is 2. The second-order valence-corrected chi connectivity index (χ2v) is 9.05. The third-order valence-corrected chi connectivity index (χ3v) is 5.55. The molecule has 2 N–H and O–H groups in total. The first-order valence-electron chi connectivity index (χ1n) is 10.9. The summed E-state index contributed by atoms with van der Waals surface area (Å²) in [6.07, 6.45) is -0.716. The maximum Gasteiger partial charge on any atom is 0.412 e. The fourth-order valence-corrected chi connectivity index (χ4v) is 4.07. The number of benzene rings is 4. The minimum absolute atomic E-state index is 0.0180. The number of hydrogen-bond acceptors (Lipinski definition) is 5. The zero-order chi connectivity index (χ0) is 23.8. The van der Waals surface area contributed by atoms with E-state index in [9.17, 15) is 9.59 Å². The molecule has 0 aromatic heterocycles. The lowest BCUT2D eigenvalue weighted by atomic mass is 9.92. The van der Waals surface area contributed by atoms with Crippen molar-refractivity contribution in [2.24, 2.45) is 0 Å². The van der Waals surface area contributed by atoms with Crippen LogP contribution in [0.25, 0.3) is 32.3 Å². The molecule has 0 unspecified atom stereocenters. The highest BCUT2D eigenvalue weighted by atomic mass is 16.6. The van der Waals surface area contributed by atoms with Crippen LogP contribution in [-0.4, -0.2) is 24.8 Å². The quantitative estimate of drug-likeness (QED) is 0.238. The molecule has 6 heteroatoms. The van der Waals surface area contributed by atoms with Crippen LogP contribution < -0.4 is 10.6 Å². The van der Waals surface area contributed by atoms with Gasteiger partial charge in [-0.25, -0.2) is 9.59 Å². The molecule has 170 valence electrons. The van der Waals surface area contributed by atoms with Crippen LogP contribution in [0.3, 0.4) is 0 Å². The maximum absolute atomic E-state index is 12.3. The average Bonchev–Trinajstić information content (AvgIpc) is 2.78. The second kappa shape index (κ2) is 8.62. The first kappa shape index (κ1) is 22.4. The van der Waals surface area contributed by atoms with Crippen molar-refractivity contribution in [2.75, 3.05) is 7.11 Å². The van der Waals surface area contributed by atoms with E-state index in [4.69, 9.17) is 9.47 Å². The molecule has 6 nitrogen and oxygen atoms in total. The number of esters is 1. The van der Waals surface area contributed by atoms with Crippen LogP contribution in [0.15, 0.2) is 66.0 Å². The van der Waals surface area contributed by atoms with Crippen molar-refractivity contribution >= 4 is 44.4 Å². The van der Waals surface area contributed by atoms with E-state index in [1.54, 1.807) is 27.7 Å². The van der Waals surface area contributed by atoms with Gasteiger partial charge in [0.15, 0.2) is 0 Å². The Morgan fingerprint density at radius 3 is 2.12 bits per heavy atom. The number of alkyl carbamates (subject to hydrolysis) is 1. The summed E-state index contributed by atoms with van der Waals surface area (Å²) in [5.74, 6) is -0.652. The lowest BCUT2D eigenvalue weighted by Crippen LogP contribution is -2.36. The van der Waals surface area contributed by atoms with E-state index < -0.39 is 17.7 Å². The fourth-order valence-electron chi connectivity index (χ4n) is 4.07. The van der Waals surface area contributed by atoms with E-state index in [2.05, 4.69) is 65.2 Å². The predicted octanol–water partition coefficient (Wildman–Crippen LogP) is 5.60. The van der Waals surface area contributed by atoms with E-state index in [1.165, 1.54) is 34.0 Å². The minimum Gasteiger partial charge on any atom is -0.464 e. The Hall–Kier alpha value is -3.80. The largest absolute Gasteiger partial charge is 0.464 e. The molecule has 0 heterocycles. The van der Waals surface area contributed by atoms with Crippen LogP contribution in [0.4, 0.5) is 4.79 Å². The summed E-state index contributed by atoms with van der Waals surface area (Å²) >= 11 is 0. The highest BCUT2D eigenvalue weighted by Crippen LogP contribution is 2.35. The van der Waals surface area contributed by atoms with Gasteiger partial charge in [-0.2, -0.15) is 0 Å². The summed E-state index contributed by atoms with van der Waals surface area (Å²) in [6.45, 7) is 7.46. The van der Waals surface area contributed by atoms with Crippen LogP contribution in [0.1, 0.15) is 33.3 Å². The van der Waals surface area contributed by atoms with Gasteiger partial charge in [-0.1, -0.05) is 54.6 Å². The molecule has 4 aromatic rings. The van der Waals surface area contributed by atoms with Crippen LogP contribution in [0, 0.1) is 0 Å². The van der Waals surface area contributed by atoms with Crippen molar-refractivity contribution in [1.29, 1.82) is 0 Å². The van der Waals surface area contributed by atoms with Gasteiger partial charge in [-0.15, -0.1) is 0 Å².